The predicted molar refractivity (Wildman–Crippen MR) is 160 cm³/mol. The molecule has 42 heavy (non-hydrogen) atoms. The molecule has 0 saturated heterocycles. The molecule has 1 unspecified atom stereocenters. The molecule has 3 aromatic carbocycles. The number of hydrogen-bond donors (Lipinski definition) is 1. The third kappa shape index (κ3) is 7.28. The van der Waals surface area contributed by atoms with E-state index in [0.29, 0.717) is 12.2 Å². The second-order valence-corrected chi connectivity index (χ2v) is 12.4. The molecule has 2 amide bonds. The fourth-order valence-electron chi connectivity index (χ4n) is 5.27. The van der Waals surface area contributed by atoms with Gasteiger partial charge in [-0.1, -0.05) is 44.0 Å². The number of nitrogens with zero attached hydrogens (tertiary/aromatic N) is 2. The molecule has 0 bridgehead atoms. The van der Waals surface area contributed by atoms with Gasteiger partial charge in [-0.25, -0.2) is 12.8 Å². The van der Waals surface area contributed by atoms with Crippen molar-refractivity contribution in [3.63, 3.8) is 0 Å². The Kier molecular flexibility index (Phi) is 10.2. The molecular formula is C32H38FN3O5S. The molecule has 1 N–H and O–H groups in total. The van der Waals surface area contributed by atoms with Gasteiger partial charge in [0.1, 0.15) is 24.2 Å². The lowest BCUT2D eigenvalue weighted by Crippen LogP contribution is -2.53. The first-order valence-corrected chi connectivity index (χ1v) is 15.6. The lowest BCUT2D eigenvalue weighted by Gasteiger charge is -2.34. The molecule has 3 aromatic rings. The molecule has 1 aliphatic carbocycles. The van der Waals surface area contributed by atoms with Crippen molar-refractivity contribution in [3.8, 4) is 5.75 Å². The van der Waals surface area contributed by atoms with E-state index in [9.17, 15) is 22.4 Å². The number of carbonyl (C=O) groups is 2. The highest BCUT2D eigenvalue weighted by molar-refractivity contribution is 7.92. The molecule has 1 saturated carbocycles. The lowest BCUT2D eigenvalue weighted by molar-refractivity contribution is -0.140. The van der Waals surface area contributed by atoms with E-state index in [2.05, 4.69) is 5.32 Å². The summed E-state index contributed by atoms with van der Waals surface area (Å²) < 4.78 is 47.8. The van der Waals surface area contributed by atoms with Gasteiger partial charge in [-0.15, -0.1) is 0 Å². The van der Waals surface area contributed by atoms with Crippen LogP contribution in [0.5, 0.6) is 5.75 Å². The zero-order valence-corrected chi connectivity index (χ0v) is 25.1. The Hall–Kier alpha value is -3.92. The maximum absolute atomic E-state index is 14.2. The van der Waals surface area contributed by atoms with Crippen LogP contribution in [0.3, 0.4) is 0 Å². The summed E-state index contributed by atoms with van der Waals surface area (Å²) in [7, 11) is -2.79. The molecule has 0 radical (unpaired) electrons. The van der Waals surface area contributed by atoms with Crippen molar-refractivity contribution in [2.75, 3.05) is 18.0 Å². The van der Waals surface area contributed by atoms with Crippen LogP contribution in [0.4, 0.5) is 10.1 Å². The van der Waals surface area contributed by atoms with Crippen LogP contribution >= 0.6 is 0 Å². The van der Waals surface area contributed by atoms with Gasteiger partial charge in [0.05, 0.1) is 17.7 Å². The summed E-state index contributed by atoms with van der Waals surface area (Å²) in [5.74, 6) is -0.865. The molecule has 0 spiro atoms. The van der Waals surface area contributed by atoms with Gasteiger partial charge in [0, 0.05) is 12.6 Å². The van der Waals surface area contributed by atoms with Gasteiger partial charge in [0.25, 0.3) is 10.0 Å². The molecule has 4 rings (SSSR count). The van der Waals surface area contributed by atoms with E-state index in [1.807, 2.05) is 38.1 Å². The van der Waals surface area contributed by atoms with Gasteiger partial charge >= 0.3 is 0 Å². The van der Waals surface area contributed by atoms with Crippen LogP contribution in [0.2, 0.25) is 0 Å². The maximum Gasteiger partial charge on any atom is 0.264 e. The van der Waals surface area contributed by atoms with Crippen LogP contribution in [0, 0.1) is 12.7 Å². The monoisotopic (exact) mass is 595 g/mol. The normalized spacial score (nSPS) is 14.3. The van der Waals surface area contributed by atoms with Gasteiger partial charge in [-0.3, -0.25) is 13.9 Å². The van der Waals surface area contributed by atoms with E-state index in [1.165, 1.54) is 48.4 Å². The zero-order chi connectivity index (χ0) is 30.3. The number of hydrogen-bond acceptors (Lipinski definition) is 5. The summed E-state index contributed by atoms with van der Waals surface area (Å²) in [4.78, 5) is 29.1. The van der Waals surface area contributed by atoms with Gasteiger partial charge < -0.3 is 15.0 Å². The Morgan fingerprint density at radius 1 is 1.00 bits per heavy atom. The molecule has 0 aromatic heterocycles. The molecule has 10 heteroatoms. The van der Waals surface area contributed by atoms with Gasteiger partial charge in [-0.05, 0) is 85.8 Å². The van der Waals surface area contributed by atoms with Crippen LogP contribution in [-0.2, 0) is 26.2 Å². The average Bonchev–Trinajstić information content (AvgIpc) is 3.50. The zero-order valence-electron chi connectivity index (χ0n) is 24.3. The van der Waals surface area contributed by atoms with E-state index >= 15 is 0 Å². The Labute approximate surface area is 247 Å². The van der Waals surface area contributed by atoms with E-state index in [1.54, 1.807) is 0 Å². The molecule has 224 valence electrons. The highest BCUT2D eigenvalue weighted by atomic mass is 32.2. The summed E-state index contributed by atoms with van der Waals surface area (Å²) in [5.41, 5.74) is 1.92. The third-order valence-corrected chi connectivity index (χ3v) is 9.52. The SMILES string of the molecule is CCC(C(=O)NC1CCCC1)N(Cc1ccccc1C)C(=O)CN(c1ccc(F)cc1)S(=O)(=O)c1ccc(OC)cc1. The largest absolute Gasteiger partial charge is 0.497 e. The highest BCUT2D eigenvalue weighted by Crippen LogP contribution is 2.27. The van der Waals surface area contributed by atoms with Gasteiger partial charge in [0.2, 0.25) is 11.8 Å². The Morgan fingerprint density at radius 2 is 1.64 bits per heavy atom. The van der Waals surface area contributed by atoms with E-state index in [-0.39, 0.29) is 29.1 Å². The van der Waals surface area contributed by atoms with Crippen molar-refractivity contribution in [3.05, 3.63) is 89.7 Å². The first-order valence-electron chi connectivity index (χ1n) is 14.2. The van der Waals surface area contributed by atoms with Crippen LogP contribution in [0.1, 0.15) is 50.2 Å². The second kappa shape index (κ2) is 13.8. The van der Waals surface area contributed by atoms with E-state index < -0.39 is 34.3 Å². The Morgan fingerprint density at radius 3 is 2.24 bits per heavy atom. The molecule has 1 aliphatic rings. The van der Waals surface area contributed by atoms with Crippen molar-refractivity contribution >= 4 is 27.5 Å². The minimum Gasteiger partial charge on any atom is -0.497 e. The fourth-order valence-corrected chi connectivity index (χ4v) is 6.68. The summed E-state index contributed by atoms with van der Waals surface area (Å²) >= 11 is 0. The first-order chi connectivity index (χ1) is 20.1. The molecule has 1 atom stereocenters. The number of anilines is 1. The van der Waals surface area contributed by atoms with E-state index in [4.69, 9.17) is 4.74 Å². The summed E-state index contributed by atoms with van der Waals surface area (Å²) in [6, 6.07) is 17.6. The van der Waals surface area contributed by atoms with Crippen molar-refractivity contribution in [1.29, 1.82) is 0 Å². The molecule has 8 nitrogen and oxygen atoms in total. The number of methoxy groups -OCH3 is 1. The van der Waals surface area contributed by atoms with Crippen molar-refractivity contribution in [2.24, 2.45) is 0 Å². The van der Waals surface area contributed by atoms with Crippen LogP contribution < -0.4 is 14.4 Å². The standard InChI is InChI=1S/C32H38FN3O5S/c1-4-30(32(38)34-26-11-7-8-12-26)35(21-24-10-6-5-9-23(24)2)31(37)22-36(27-15-13-25(33)14-16-27)42(39,40)29-19-17-28(41-3)18-20-29/h5-6,9-10,13-20,26,30H,4,7-8,11-12,21-22H2,1-3H3,(H,34,38). The number of aryl methyl sites for hydroxylation is 1. The number of halogens is 1. The number of sulfonamides is 1. The summed E-state index contributed by atoms with van der Waals surface area (Å²) in [5, 5.41) is 3.11. The minimum atomic E-state index is -4.27. The van der Waals surface area contributed by atoms with Gasteiger partial charge in [-0.2, -0.15) is 0 Å². The molecular weight excluding hydrogens is 557 g/mol. The predicted octanol–water partition coefficient (Wildman–Crippen LogP) is 5.20. The van der Waals surface area contributed by atoms with Crippen molar-refractivity contribution < 1.29 is 27.1 Å². The van der Waals surface area contributed by atoms with E-state index in [0.717, 1.165) is 53.2 Å². The van der Waals surface area contributed by atoms with Crippen molar-refractivity contribution in [1.82, 2.24) is 10.2 Å². The summed E-state index contributed by atoms with van der Waals surface area (Å²) in [6.45, 7) is 3.31. The fraction of sp³-hybridized carbons (Fsp3) is 0.375. The maximum atomic E-state index is 14.2. The van der Waals surface area contributed by atoms with Gasteiger partial charge in [0.15, 0.2) is 0 Å². The van der Waals surface area contributed by atoms with Crippen LogP contribution in [0.25, 0.3) is 0 Å². The Balaban J connectivity index is 1.71. The third-order valence-electron chi connectivity index (χ3n) is 7.73. The topological polar surface area (TPSA) is 96.0 Å². The van der Waals surface area contributed by atoms with Crippen molar-refractivity contribution in [2.45, 2.75) is 69.5 Å². The quantitative estimate of drug-likeness (QED) is 0.310. The number of ether oxygens (including phenoxy) is 1. The number of carbonyl (C=O) groups excluding carboxylic acids is 2. The lowest BCUT2D eigenvalue weighted by atomic mass is 10.1. The molecule has 0 heterocycles. The summed E-state index contributed by atoms with van der Waals surface area (Å²) in [6.07, 6.45) is 4.23. The number of nitrogens with one attached hydrogen (secondary N) is 1. The average molecular weight is 596 g/mol. The van der Waals surface area contributed by atoms with Crippen LogP contribution in [0.15, 0.2) is 77.7 Å². The smallest absolute Gasteiger partial charge is 0.264 e. The second-order valence-electron chi connectivity index (χ2n) is 10.5. The highest BCUT2D eigenvalue weighted by Gasteiger charge is 2.34. The first kappa shape index (κ1) is 31.0. The number of rotatable bonds is 12. The number of amides is 2. The molecule has 1 fully saturated rings. The Bertz CT molecular complexity index is 1470. The number of benzene rings is 3. The van der Waals surface area contributed by atoms with Crippen LogP contribution in [-0.4, -0.2) is 50.9 Å². The minimum absolute atomic E-state index is 0.0584. The molecule has 0 aliphatic heterocycles.